The summed E-state index contributed by atoms with van der Waals surface area (Å²) in [6.45, 7) is 5.22. The molecule has 2 heterocycles. The summed E-state index contributed by atoms with van der Waals surface area (Å²) in [7, 11) is 0. The minimum atomic E-state index is -0.715. The molecule has 1 atom stereocenters. The molecule has 0 aliphatic carbocycles. The summed E-state index contributed by atoms with van der Waals surface area (Å²) in [5.41, 5.74) is 0.455. The van der Waals surface area contributed by atoms with E-state index >= 15 is 0 Å². The number of rotatable bonds is 3. The number of nitrogens with zero attached hydrogens (tertiary/aromatic N) is 1. The number of aliphatic carboxylic acids is 1. The lowest BCUT2D eigenvalue weighted by atomic mass is 9.90. The maximum atomic E-state index is 11.3. The van der Waals surface area contributed by atoms with E-state index < -0.39 is 11.4 Å². The Balaban J connectivity index is 1.76. The molecule has 3 rings (SSSR count). The van der Waals surface area contributed by atoms with Crippen LogP contribution >= 0.6 is 15.9 Å². The fourth-order valence-corrected chi connectivity index (χ4v) is 3.40. The summed E-state index contributed by atoms with van der Waals surface area (Å²) < 4.78 is 12.4. The Kier molecular flexibility index (Phi) is 4.32. The molecule has 5 nitrogen and oxygen atoms in total. The van der Waals surface area contributed by atoms with Gasteiger partial charge in [-0.1, -0.05) is 15.9 Å². The molecule has 1 unspecified atom stereocenters. The fourth-order valence-electron chi connectivity index (χ4n) is 2.95. The predicted molar refractivity (Wildman–Crippen MR) is 85.4 cm³/mol. The Labute approximate surface area is 138 Å². The molecule has 0 amide bonds. The minimum absolute atomic E-state index is 0.573. The first-order valence-corrected chi connectivity index (χ1v) is 8.31. The van der Waals surface area contributed by atoms with Gasteiger partial charge in [0.2, 0.25) is 0 Å². The molecule has 0 saturated carbocycles. The summed E-state index contributed by atoms with van der Waals surface area (Å²) in [6, 6.07) is 3.95. The van der Waals surface area contributed by atoms with Crippen LogP contribution in [0.3, 0.4) is 0 Å². The first-order valence-electron chi connectivity index (χ1n) is 7.52. The van der Waals surface area contributed by atoms with E-state index in [0.29, 0.717) is 32.7 Å². The zero-order valence-electron chi connectivity index (χ0n) is 12.6. The van der Waals surface area contributed by atoms with Gasteiger partial charge in [-0.3, -0.25) is 9.69 Å². The highest BCUT2D eigenvalue weighted by Crippen LogP contribution is 2.37. The Morgan fingerprint density at radius 1 is 1.36 bits per heavy atom. The van der Waals surface area contributed by atoms with Crippen molar-refractivity contribution >= 4 is 21.9 Å². The van der Waals surface area contributed by atoms with Crippen LogP contribution in [0.15, 0.2) is 16.6 Å². The number of hydrogen-bond acceptors (Lipinski definition) is 4. The maximum absolute atomic E-state index is 11.3. The zero-order valence-corrected chi connectivity index (χ0v) is 14.2. The average Bonchev–Trinajstić information content (AvgIpc) is 2.71. The van der Waals surface area contributed by atoms with Crippen LogP contribution in [0.2, 0.25) is 0 Å². The van der Waals surface area contributed by atoms with Gasteiger partial charge in [0.1, 0.15) is 0 Å². The van der Waals surface area contributed by atoms with E-state index in [9.17, 15) is 9.90 Å². The summed E-state index contributed by atoms with van der Waals surface area (Å²) in [5.74, 6) is 0.827. The van der Waals surface area contributed by atoms with Crippen LogP contribution < -0.4 is 9.47 Å². The second-order valence-electron chi connectivity index (χ2n) is 6.27. The van der Waals surface area contributed by atoms with E-state index in [1.165, 1.54) is 0 Å². The SMILES string of the molecule is CC1(C(=O)O)CCN(Cc2cc3c(cc2Br)OCCCO3)C1. The second kappa shape index (κ2) is 6.08. The van der Waals surface area contributed by atoms with Crippen molar-refractivity contribution in [3.05, 3.63) is 22.2 Å². The Bertz CT molecular complexity index is 592. The third-order valence-corrected chi connectivity index (χ3v) is 5.12. The molecule has 2 aliphatic rings. The molecule has 0 bridgehead atoms. The summed E-state index contributed by atoms with van der Waals surface area (Å²) in [6.07, 6.45) is 1.56. The molecular formula is C16H20BrNO4. The Morgan fingerprint density at radius 3 is 2.68 bits per heavy atom. The van der Waals surface area contributed by atoms with Gasteiger partial charge in [-0.2, -0.15) is 0 Å². The van der Waals surface area contributed by atoms with Crippen molar-refractivity contribution < 1.29 is 19.4 Å². The molecule has 1 N–H and O–H groups in total. The van der Waals surface area contributed by atoms with Gasteiger partial charge in [-0.25, -0.2) is 0 Å². The lowest BCUT2D eigenvalue weighted by Gasteiger charge is -2.21. The molecule has 0 spiro atoms. The van der Waals surface area contributed by atoms with Crippen LogP contribution in [0.1, 0.15) is 25.3 Å². The van der Waals surface area contributed by atoms with Crippen LogP contribution in [0, 0.1) is 5.41 Å². The topological polar surface area (TPSA) is 59.0 Å². The zero-order chi connectivity index (χ0) is 15.7. The molecule has 1 aromatic rings. The summed E-state index contributed by atoms with van der Waals surface area (Å²) in [4.78, 5) is 13.5. The highest BCUT2D eigenvalue weighted by molar-refractivity contribution is 9.10. The number of carboxylic acid groups (broad SMARTS) is 1. The van der Waals surface area contributed by atoms with Gasteiger partial charge in [0.15, 0.2) is 11.5 Å². The number of halogens is 1. The molecule has 0 radical (unpaired) electrons. The van der Waals surface area contributed by atoms with Gasteiger partial charge < -0.3 is 14.6 Å². The Hall–Kier alpha value is -1.27. The predicted octanol–water partition coefficient (Wildman–Crippen LogP) is 2.91. The van der Waals surface area contributed by atoms with Crippen molar-refractivity contribution in [2.45, 2.75) is 26.3 Å². The van der Waals surface area contributed by atoms with Crippen LogP contribution in [0.4, 0.5) is 0 Å². The van der Waals surface area contributed by atoms with Gasteiger partial charge in [-0.05, 0) is 37.6 Å². The largest absolute Gasteiger partial charge is 0.490 e. The number of benzene rings is 1. The first kappa shape index (κ1) is 15.6. The van der Waals surface area contributed by atoms with E-state index in [1.54, 1.807) is 0 Å². The van der Waals surface area contributed by atoms with Gasteiger partial charge in [0.05, 0.1) is 18.6 Å². The lowest BCUT2D eigenvalue weighted by molar-refractivity contribution is -0.147. The molecule has 1 fully saturated rings. The van der Waals surface area contributed by atoms with E-state index in [2.05, 4.69) is 20.8 Å². The molecule has 1 aromatic carbocycles. The van der Waals surface area contributed by atoms with Gasteiger partial charge in [0, 0.05) is 24.0 Å². The van der Waals surface area contributed by atoms with Crippen molar-refractivity contribution in [2.75, 3.05) is 26.3 Å². The molecule has 22 heavy (non-hydrogen) atoms. The monoisotopic (exact) mass is 369 g/mol. The quantitative estimate of drug-likeness (QED) is 0.887. The molecule has 0 aromatic heterocycles. The maximum Gasteiger partial charge on any atom is 0.310 e. The lowest BCUT2D eigenvalue weighted by Crippen LogP contribution is -2.31. The number of carboxylic acids is 1. The normalized spacial score (nSPS) is 25.0. The van der Waals surface area contributed by atoms with Crippen molar-refractivity contribution in [3.63, 3.8) is 0 Å². The van der Waals surface area contributed by atoms with Crippen molar-refractivity contribution in [1.29, 1.82) is 0 Å². The van der Waals surface area contributed by atoms with E-state index in [4.69, 9.17) is 9.47 Å². The first-order chi connectivity index (χ1) is 10.5. The van der Waals surface area contributed by atoms with Gasteiger partial charge >= 0.3 is 5.97 Å². The van der Waals surface area contributed by atoms with Crippen molar-refractivity contribution in [2.24, 2.45) is 5.41 Å². The standard InChI is InChI=1S/C16H20BrNO4/c1-16(15(19)20)3-4-18(10-16)9-11-7-13-14(8-12(11)17)22-6-2-5-21-13/h7-8H,2-6,9-10H2,1H3,(H,19,20). The third kappa shape index (κ3) is 3.08. The Morgan fingerprint density at radius 2 is 2.05 bits per heavy atom. The van der Waals surface area contributed by atoms with Crippen LogP contribution in [-0.2, 0) is 11.3 Å². The molecular weight excluding hydrogens is 350 g/mol. The number of hydrogen-bond donors (Lipinski definition) is 1. The smallest absolute Gasteiger partial charge is 0.310 e. The van der Waals surface area contributed by atoms with Crippen LogP contribution in [0.25, 0.3) is 0 Å². The molecule has 120 valence electrons. The highest BCUT2D eigenvalue weighted by atomic mass is 79.9. The number of fused-ring (bicyclic) bond motifs is 1. The highest BCUT2D eigenvalue weighted by Gasteiger charge is 2.40. The summed E-state index contributed by atoms with van der Waals surface area (Å²) in [5, 5.41) is 9.33. The van der Waals surface area contributed by atoms with Crippen molar-refractivity contribution in [1.82, 2.24) is 4.90 Å². The summed E-state index contributed by atoms with van der Waals surface area (Å²) >= 11 is 3.59. The number of ether oxygens (including phenoxy) is 2. The van der Waals surface area contributed by atoms with Crippen LogP contribution in [-0.4, -0.2) is 42.3 Å². The number of carbonyl (C=O) groups is 1. The van der Waals surface area contributed by atoms with E-state index in [0.717, 1.165) is 34.5 Å². The van der Waals surface area contributed by atoms with E-state index in [1.807, 2.05) is 19.1 Å². The third-order valence-electron chi connectivity index (χ3n) is 4.38. The average molecular weight is 370 g/mol. The van der Waals surface area contributed by atoms with Crippen LogP contribution in [0.5, 0.6) is 11.5 Å². The van der Waals surface area contributed by atoms with E-state index in [-0.39, 0.29) is 0 Å². The fraction of sp³-hybridized carbons (Fsp3) is 0.562. The molecule has 6 heteroatoms. The van der Waals surface area contributed by atoms with Gasteiger partial charge in [-0.15, -0.1) is 0 Å². The van der Waals surface area contributed by atoms with Gasteiger partial charge in [0.25, 0.3) is 0 Å². The van der Waals surface area contributed by atoms with Crippen molar-refractivity contribution in [3.8, 4) is 11.5 Å². The molecule has 1 saturated heterocycles. The second-order valence-corrected chi connectivity index (χ2v) is 7.12. The number of likely N-dealkylation sites (tertiary alicyclic amines) is 1. The minimum Gasteiger partial charge on any atom is -0.490 e. The molecule has 2 aliphatic heterocycles.